The van der Waals surface area contributed by atoms with Gasteiger partial charge in [0.15, 0.2) is 23.5 Å². The maximum atomic E-state index is 11.7. The fourth-order valence-electron chi connectivity index (χ4n) is 5.87. The fraction of sp³-hybridized carbons (Fsp3) is 0.692. The summed E-state index contributed by atoms with van der Waals surface area (Å²) < 4.78 is 7.22. The van der Waals surface area contributed by atoms with Gasteiger partial charge in [0.1, 0.15) is 16.9 Å². The van der Waals surface area contributed by atoms with Gasteiger partial charge in [-0.25, -0.2) is 19.4 Å². The molecule has 1 amide bonds. The van der Waals surface area contributed by atoms with Crippen LogP contribution >= 0.6 is 0 Å². The van der Waals surface area contributed by atoms with Gasteiger partial charge in [0.25, 0.3) is 0 Å². The molecule has 210 valence electrons. The molecule has 0 radical (unpaired) electrons. The molecule has 4 heterocycles. The lowest BCUT2D eigenvalue weighted by Crippen LogP contribution is -2.32. The summed E-state index contributed by atoms with van der Waals surface area (Å²) in [5.41, 5.74) is 5.66. The van der Waals surface area contributed by atoms with Gasteiger partial charge in [0.05, 0.1) is 6.54 Å². The summed E-state index contributed by atoms with van der Waals surface area (Å²) in [7, 11) is 2.00. The van der Waals surface area contributed by atoms with E-state index >= 15 is 0 Å². The Balaban J connectivity index is 1.43. The van der Waals surface area contributed by atoms with E-state index in [1.165, 1.54) is 44.9 Å². The first-order valence-electron chi connectivity index (χ1n) is 14.1. The molecule has 1 unspecified atom stereocenters. The number of amides is 1. The second-order valence-electron chi connectivity index (χ2n) is 11.6. The Hall–Kier alpha value is -3.48. The van der Waals surface area contributed by atoms with Crippen molar-refractivity contribution in [2.45, 2.75) is 91.0 Å². The zero-order chi connectivity index (χ0) is 27.1. The van der Waals surface area contributed by atoms with Crippen molar-refractivity contribution in [1.29, 1.82) is 0 Å². The summed E-state index contributed by atoms with van der Waals surface area (Å²) in [5.74, 6) is 3.84. The lowest BCUT2D eigenvalue weighted by molar-refractivity contribution is 0.120. The van der Waals surface area contributed by atoms with Crippen molar-refractivity contribution in [3.8, 4) is 0 Å². The van der Waals surface area contributed by atoms with Crippen LogP contribution in [0.1, 0.15) is 82.2 Å². The molecule has 3 aliphatic rings. The first kappa shape index (κ1) is 25.8. The van der Waals surface area contributed by atoms with Crippen LogP contribution in [0.25, 0.3) is 11.2 Å². The molecule has 2 atom stereocenters. The summed E-state index contributed by atoms with van der Waals surface area (Å²) in [4.78, 5) is 33.5. The molecule has 3 fully saturated rings. The number of aromatic nitrogens is 6. The van der Waals surface area contributed by atoms with Crippen molar-refractivity contribution in [3.05, 3.63) is 17.2 Å². The van der Waals surface area contributed by atoms with E-state index in [9.17, 15) is 4.79 Å². The Morgan fingerprint density at radius 1 is 1.13 bits per heavy atom. The topological polar surface area (TPSA) is 148 Å². The highest BCUT2D eigenvalue weighted by Gasteiger charge is 2.32. The zero-order valence-corrected chi connectivity index (χ0v) is 23.1. The number of imidazole rings is 1. The number of fused-ring (bicyclic) bond motifs is 1. The van der Waals surface area contributed by atoms with Crippen molar-refractivity contribution in [2.75, 3.05) is 17.3 Å². The van der Waals surface area contributed by atoms with Crippen LogP contribution in [0.4, 0.5) is 16.6 Å². The lowest BCUT2D eigenvalue weighted by atomic mass is 9.80. The molecular formula is C26H38N10O3. The highest BCUT2D eigenvalue weighted by atomic mass is 16.7. The third-order valence-corrected chi connectivity index (χ3v) is 8.66. The van der Waals surface area contributed by atoms with E-state index in [1.807, 2.05) is 14.0 Å². The summed E-state index contributed by atoms with van der Waals surface area (Å²) in [6, 6.07) is 0.246. The van der Waals surface area contributed by atoms with Gasteiger partial charge in [-0.1, -0.05) is 36.5 Å². The molecule has 13 nitrogen and oxygen atoms in total. The standard InChI is InChI=1S/C26H38N10O3/c1-14-8-10-17(11-9-14)12-36-20-21(27-15(2)18-6-5-7-18)28-23(24-31-26(37)38-34-24)29-22(20)30-25(36)35(4)13-19-16(3)32-39-33-19/h14-15,17-18,24,34H,5-13H2,1-4H3,(H,31,37)(H,27,28,29)/t14?,15-,17?,24?/m1/s1. The van der Waals surface area contributed by atoms with Gasteiger partial charge in [-0.15, -0.1) is 5.48 Å². The highest BCUT2D eigenvalue weighted by molar-refractivity contribution is 5.86. The molecule has 2 aliphatic carbocycles. The largest absolute Gasteiger partial charge is 0.427 e. The minimum Gasteiger partial charge on any atom is -0.365 e. The minimum atomic E-state index is -0.656. The van der Waals surface area contributed by atoms with Crippen molar-refractivity contribution in [1.82, 2.24) is 40.6 Å². The number of nitrogens with one attached hydrogen (secondary N) is 3. The average Bonchev–Trinajstić information content (AvgIpc) is 3.58. The molecule has 1 aliphatic heterocycles. The van der Waals surface area contributed by atoms with Gasteiger partial charge in [-0.05, 0) is 57.3 Å². The van der Waals surface area contributed by atoms with Gasteiger partial charge in [0.2, 0.25) is 5.95 Å². The number of carbonyl (C=O) groups excluding carboxylic acids is 1. The molecule has 3 N–H and O–H groups in total. The predicted molar refractivity (Wildman–Crippen MR) is 144 cm³/mol. The van der Waals surface area contributed by atoms with E-state index < -0.39 is 12.3 Å². The van der Waals surface area contributed by atoms with Gasteiger partial charge in [0, 0.05) is 19.6 Å². The number of hydroxylamine groups is 1. The van der Waals surface area contributed by atoms with Crippen molar-refractivity contribution in [3.63, 3.8) is 0 Å². The number of carbonyl (C=O) groups is 1. The Kier molecular flexibility index (Phi) is 7.00. The van der Waals surface area contributed by atoms with Crippen LogP contribution in [0.15, 0.2) is 4.63 Å². The molecule has 3 aromatic heterocycles. The molecule has 0 spiro atoms. The summed E-state index contributed by atoms with van der Waals surface area (Å²) >= 11 is 0. The van der Waals surface area contributed by atoms with E-state index in [4.69, 9.17) is 24.4 Å². The van der Waals surface area contributed by atoms with E-state index in [2.05, 4.69) is 49.7 Å². The third kappa shape index (κ3) is 5.23. The van der Waals surface area contributed by atoms with Gasteiger partial charge in [-0.3, -0.25) is 5.32 Å². The van der Waals surface area contributed by atoms with Crippen LogP contribution in [-0.4, -0.2) is 49.0 Å². The van der Waals surface area contributed by atoms with Crippen LogP contribution < -0.4 is 21.0 Å². The van der Waals surface area contributed by atoms with Crippen LogP contribution in [-0.2, 0) is 17.9 Å². The molecule has 13 heteroatoms. The fourth-order valence-corrected chi connectivity index (χ4v) is 5.87. The molecular weight excluding hydrogens is 500 g/mol. The first-order valence-corrected chi connectivity index (χ1v) is 14.1. The van der Waals surface area contributed by atoms with Crippen molar-refractivity contribution in [2.24, 2.45) is 17.8 Å². The molecule has 0 bridgehead atoms. The van der Waals surface area contributed by atoms with E-state index in [0.717, 1.165) is 41.1 Å². The van der Waals surface area contributed by atoms with Gasteiger partial charge in [-0.2, -0.15) is 4.98 Å². The number of aryl methyl sites for hydroxylation is 1. The Morgan fingerprint density at radius 3 is 2.56 bits per heavy atom. The van der Waals surface area contributed by atoms with E-state index in [1.54, 1.807) is 0 Å². The van der Waals surface area contributed by atoms with E-state index in [0.29, 0.717) is 29.9 Å². The number of anilines is 2. The van der Waals surface area contributed by atoms with Crippen LogP contribution in [0.5, 0.6) is 0 Å². The Labute approximate surface area is 227 Å². The van der Waals surface area contributed by atoms with Crippen LogP contribution in [0, 0.1) is 24.7 Å². The monoisotopic (exact) mass is 538 g/mol. The van der Waals surface area contributed by atoms with Crippen LogP contribution in [0.3, 0.4) is 0 Å². The molecule has 39 heavy (non-hydrogen) atoms. The minimum absolute atomic E-state index is 0.246. The number of rotatable bonds is 9. The molecule has 6 rings (SSSR count). The summed E-state index contributed by atoms with van der Waals surface area (Å²) in [5, 5.41) is 14.4. The van der Waals surface area contributed by atoms with Crippen molar-refractivity contribution >= 4 is 29.0 Å². The predicted octanol–water partition coefficient (Wildman–Crippen LogP) is 3.82. The smallest absolute Gasteiger partial charge is 0.365 e. The Bertz CT molecular complexity index is 1330. The second kappa shape index (κ2) is 10.6. The lowest BCUT2D eigenvalue weighted by Gasteiger charge is -2.32. The maximum absolute atomic E-state index is 11.7. The second-order valence-corrected chi connectivity index (χ2v) is 11.6. The average molecular weight is 539 g/mol. The number of hydrogen-bond acceptors (Lipinski definition) is 11. The normalized spacial score (nSPS) is 24.3. The summed E-state index contributed by atoms with van der Waals surface area (Å²) in [6.45, 7) is 7.77. The zero-order valence-electron chi connectivity index (χ0n) is 23.1. The molecule has 0 aromatic carbocycles. The molecule has 1 saturated heterocycles. The highest BCUT2D eigenvalue weighted by Crippen LogP contribution is 2.36. The van der Waals surface area contributed by atoms with Gasteiger partial charge < -0.3 is 19.6 Å². The maximum Gasteiger partial charge on any atom is 0.427 e. The van der Waals surface area contributed by atoms with E-state index in [-0.39, 0.29) is 6.04 Å². The molecule has 2 saturated carbocycles. The number of nitrogens with zero attached hydrogens (tertiary/aromatic N) is 7. The third-order valence-electron chi connectivity index (χ3n) is 8.66. The SMILES string of the molecule is Cc1nonc1CN(C)c1nc2nc(C3NOC(=O)N3)nc(N[C@H](C)C3CCC3)c2n1CC1CCC(C)CC1. The molecule has 3 aromatic rings. The van der Waals surface area contributed by atoms with Crippen LogP contribution in [0.2, 0.25) is 0 Å². The first-order chi connectivity index (χ1) is 18.9. The summed E-state index contributed by atoms with van der Waals surface area (Å²) in [6.07, 6.45) is 7.32. The van der Waals surface area contributed by atoms with Crippen molar-refractivity contribution < 1.29 is 14.3 Å². The Morgan fingerprint density at radius 2 is 1.92 bits per heavy atom. The van der Waals surface area contributed by atoms with Gasteiger partial charge >= 0.3 is 6.09 Å². The quantitative estimate of drug-likeness (QED) is 0.365. The number of hydrogen-bond donors (Lipinski definition) is 3.